The van der Waals surface area contributed by atoms with E-state index < -0.39 is 0 Å². The Hall–Kier alpha value is -1.27. The molecule has 2 N–H and O–H groups in total. The van der Waals surface area contributed by atoms with Gasteiger partial charge in [-0.2, -0.15) is 0 Å². The number of nitrogens with one attached hydrogen (secondary N) is 2. The van der Waals surface area contributed by atoms with Crippen LogP contribution in [-0.2, 0) is 11.3 Å². The summed E-state index contributed by atoms with van der Waals surface area (Å²) < 4.78 is 11.5. The summed E-state index contributed by atoms with van der Waals surface area (Å²) in [5, 5.41) is 5.79. The molecule has 0 fully saturated rings. The number of amides is 1. The summed E-state index contributed by atoms with van der Waals surface area (Å²) in [5.41, 5.74) is 1.09. The fourth-order valence-corrected chi connectivity index (χ4v) is 2.29. The van der Waals surface area contributed by atoms with E-state index in [-0.39, 0.29) is 12.7 Å². The lowest BCUT2D eigenvalue weighted by atomic mass is 10.2. The fraction of sp³-hybridized carbons (Fsp3) is 0.417. The van der Waals surface area contributed by atoms with Crippen LogP contribution in [0, 0.1) is 0 Å². The Morgan fingerprint density at radius 3 is 3.06 bits per heavy atom. The fourth-order valence-electron chi connectivity index (χ4n) is 1.68. The zero-order chi connectivity index (χ0) is 13.0. The standard InChI is InChI=1S/C12H15BrN2O3/c1-14-11(16)2-3-15-6-8-4-9(13)12-10(5-8)17-7-18-12/h4-5,15H,2-3,6-7H2,1H3,(H,14,16). The van der Waals surface area contributed by atoms with Gasteiger partial charge in [-0.1, -0.05) is 0 Å². The third-order valence-electron chi connectivity index (χ3n) is 2.62. The van der Waals surface area contributed by atoms with Crippen LogP contribution in [0.1, 0.15) is 12.0 Å². The second kappa shape index (κ2) is 6.06. The van der Waals surface area contributed by atoms with E-state index in [9.17, 15) is 4.79 Å². The largest absolute Gasteiger partial charge is 0.454 e. The van der Waals surface area contributed by atoms with Gasteiger partial charge in [0.2, 0.25) is 12.7 Å². The molecular formula is C12H15BrN2O3. The van der Waals surface area contributed by atoms with Gasteiger partial charge in [0.1, 0.15) is 0 Å². The van der Waals surface area contributed by atoms with E-state index >= 15 is 0 Å². The molecule has 1 aliphatic rings. The second-order valence-electron chi connectivity index (χ2n) is 3.91. The van der Waals surface area contributed by atoms with Crippen LogP contribution in [0.15, 0.2) is 16.6 Å². The van der Waals surface area contributed by atoms with Crippen molar-refractivity contribution in [2.24, 2.45) is 0 Å². The van der Waals surface area contributed by atoms with Crippen LogP contribution >= 0.6 is 15.9 Å². The topological polar surface area (TPSA) is 59.6 Å². The molecule has 0 unspecified atom stereocenters. The quantitative estimate of drug-likeness (QED) is 0.807. The molecule has 1 aliphatic heterocycles. The van der Waals surface area contributed by atoms with E-state index in [0.29, 0.717) is 19.5 Å². The molecule has 1 aromatic carbocycles. The normalized spacial score (nSPS) is 12.6. The van der Waals surface area contributed by atoms with Gasteiger partial charge >= 0.3 is 0 Å². The minimum Gasteiger partial charge on any atom is -0.454 e. The molecule has 0 aromatic heterocycles. The van der Waals surface area contributed by atoms with Crippen molar-refractivity contribution in [3.8, 4) is 11.5 Å². The first-order valence-corrected chi connectivity index (χ1v) is 6.49. The van der Waals surface area contributed by atoms with E-state index in [1.54, 1.807) is 7.05 Å². The van der Waals surface area contributed by atoms with E-state index in [2.05, 4.69) is 26.6 Å². The van der Waals surface area contributed by atoms with Crippen molar-refractivity contribution in [1.29, 1.82) is 0 Å². The van der Waals surface area contributed by atoms with Crippen molar-refractivity contribution in [2.75, 3.05) is 20.4 Å². The number of hydrogen-bond donors (Lipinski definition) is 2. The zero-order valence-electron chi connectivity index (χ0n) is 10.1. The van der Waals surface area contributed by atoms with Gasteiger partial charge in [-0.15, -0.1) is 0 Å². The minimum atomic E-state index is 0.0365. The van der Waals surface area contributed by atoms with Crippen molar-refractivity contribution in [1.82, 2.24) is 10.6 Å². The number of carbonyl (C=O) groups is 1. The van der Waals surface area contributed by atoms with Crippen LogP contribution in [-0.4, -0.2) is 26.3 Å². The maximum Gasteiger partial charge on any atom is 0.231 e. The first kappa shape index (κ1) is 13.2. The maximum atomic E-state index is 11.0. The average Bonchev–Trinajstić information content (AvgIpc) is 2.83. The highest BCUT2D eigenvalue weighted by molar-refractivity contribution is 9.10. The van der Waals surface area contributed by atoms with Gasteiger partial charge < -0.3 is 20.1 Å². The first-order chi connectivity index (χ1) is 8.70. The molecular weight excluding hydrogens is 300 g/mol. The molecule has 18 heavy (non-hydrogen) atoms. The van der Waals surface area contributed by atoms with Crippen LogP contribution in [0.2, 0.25) is 0 Å². The predicted molar refractivity (Wildman–Crippen MR) is 70.7 cm³/mol. The van der Waals surface area contributed by atoms with Gasteiger partial charge in [-0.05, 0) is 33.6 Å². The summed E-state index contributed by atoms with van der Waals surface area (Å²) in [4.78, 5) is 11.0. The number of ether oxygens (including phenoxy) is 2. The minimum absolute atomic E-state index is 0.0365. The highest BCUT2D eigenvalue weighted by Gasteiger charge is 2.17. The van der Waals surface area contributed by atoms with Gasteiger partial charge in [0.25, 0.3) is 0 Å². The first-order valence-electron chi connectivity index (χ1n) is 5.70. The van der Waals surface area contributed by atoms with Crippen LogP contribution in [0.5, 0.6) is 11.5 Å². The van der Waals surface area contributed by atoms with Gasteiger partial charge in [0.05, 0.1) is 4.47 Å². The van der Waals surface area contributed by atoms with Crippen LogP contribution in [0.3, 0.4) is 0 Å². The number of halogens is 1. The maximum absolute atomic E-state index is 11.0. The molecule has 5 nitrogen and oxygen atoms in total. The number of benzene rings is 1. The van der Waals surface area contributed by atoms with Crippen LogP contribution < -0.4 is 20.1 Å². The number of hydrogen-bond acceptors (Lipinski definition) is 4. The van der Waals surface area contributed by atoms with Crippen molar-refractivity contribution in [3.05, 3.63) is 22.2 Å². The smallest absolute Gasteiger partial charge is 0.231 e. The van der Waals surface area contributed by atoms with E-state index in [4.69, 9.17) is 9.47 Å². The third kappa shape index (κ3) is 3.14. The number of carbonyl (C=O) groups excluding carboxylic acids is 1. The van der Waals surface area contributed by atoms with Crippen molar-refractivity contribution in [3.63, 3.8) is 0 Å². The zero-order valence-corrected chi connectivity index (χ0v) is 11.7. The summed E-state index contributed by atoms with van der Waals surface area (Å²) in [6.07, 6.45) is 0.474. The Labute approximate surface area is 114 Å². The third-order valence-corrected chi connectivity index (χ3v) is 3.21. The Morgan fingerprint density at radius 1 is 1.44 bits per heavy atom. The molecule has 0 atom stereocenters. The average molecular weight is 315 g/mol. The number of fused-ring (bicyclic) bond motifs is 1. The SMILES string of the molecule is CNC(=O)CCNCc1cc(Br)c2c(c1)OCO2. The van der Waals surface area contributed by atoms with Crippen LogP contribution in [0.4, 0.5) is 0 Å². The highest BCUT2D eigenvalue weighted by atomic mass is 79.9. The number of rotatable bonds is 5. The molecule has 0 bridgehead atoms. The van der Waals surface area contributed by atoms with E-state index in [1.807, 2.05) is 12.1 Å². The Morgan fingerprint density at radius 2 is 2.28 bits per heavy atom. The van der Waals surface area contributed by atoms with Crippen molar-refractivity contribution >= 4 is 21.8 Å². The summed E-state index contributed by atoms with van der Waals surface area (Å²) in [7, 11) is 1.64. The molecule has 0 radical (unpaired) electrons. The summed E-state index contributed by atoms with van der Waals surface area (Å²) in [6.45, 7) is 1.60. The monoisotopic (exact) mass is 314 g/mol. The molecule has 1 amide bonds. The van der Waals surface area contributed by atoms with E-state index in [1.165, 1.54) is 0 Å². The Balaban J connectivity index is 1.87. The summed E-state index contributed by atoms with van der Waals surface area (Å²) >= 11 is 3.44. The molecule has 1 aromatic rings. The highest BCUT2D eigenvalue weighted by Crippen LogP contribution is 2.39. The van der Waals surface area contributed by atoms with Gasteiger partial charge in [0.15, 0.2) is 11.5 Å². The van der Waals surface area contributed by atoms with Crippen molar-refractivity contribution < 1.29 is 14.3 Å². The summed E-state index contributed by atoms with van der Waals surface area (Å²) in [5.74, 6) is 1.55. The molecule has 0 saturated heterocycles. The Bertz CT molecular complexity index is 451. The van der Waals surface area contributed by atoms with Crippen molar-refractivity contribution in [2.45, 2.75) is 13.0 Å². The van der Waals surface area contributed by atoms with Gasteiger partial charge in [-0.25, -0.2) is 0 Å². The molecule has 2 rings (SSSR count). The lowest BCUT2D eigenvalue weighted by Crippen LogP contribution is -2.24. The predicted octanol–water partition coefficient (Wildman–Crippen LogP) is 1.40. The molecule has 1 heterocycles. The Kier molecular flexibility index (Phi) is 4.43. The van der Waals surface area contributed by atoms with Gasteiger partial charge in [-0.3, -0.25) is 4.79 Å². The molecule has 0 aliphatic carbocycles. The molecule has 6 heteroatoms. The van der Waals surface area contributed by atoms with Gasteiger partial charge in [0, 0.05) is 26.6 Å². The molecule has 0 spiro atoms. The molecule has 98 valence electrons. The lowest BCUT2D eigenvalue weighted by molar-refractivity contribution is -0.120. The van der Waals surface area contributed by atoms with E-state index in [0.717, 1.165) is 21.5 Å². The lowest BCUT2D eigenvalue weighted by Gasteiger charge is -2.07. The summed E-state index contributed by atoms with van der Waals surface area (Å²) in [6, 6.07) is 3.93. The molecule has 0 saturated carbocycles. The van der Waals surface area contributed by atoms with Crippen LogP contribution in [0.25, 0.3) is 0 Å². The second-order valence-corrected chi connectivity index (χ2v) is 4.77.